The summed E-state index contributed by atoms with van der Waals surface area (Å²) in [6.07, 6.45) is 7.41. The van der Waals surface area contributed by atoms with E-state index in [1.54, 1.807) is 7.11 Å². The van der Waals surface area contributed by atoms with Crippen molar-refractivity contribution in [1.29, 1.82) is 0 Å². The van der Waals surface area contributed by atoms with Crippen LogP contribution in [0.5, 0.6) is 0 Å². The fourth-order valence-corrected chi connectivity index (χ4v) is 4.54. The summed E-state index contributed by atoms with van der Waals surface area (Å²) >= 11 is 0. The first-order chi connectivity index (χ1) is 11.2. The number of hydrogen-bond acceptors (Lipinski definition) is 5. The van der Waals surface area contributed by atoms with Crippen molar-refractivity contribution in [3.8, 4) is 0 Å². The van der Waals surface area contributed by atoms with Gasteiger partial charge in [-0.2, -0.15) is 9.61 Å². The summed E-state index contributed by atoms with van der Waals surface area (Å²) in [6.45, 7) is 0.812. The van der Waals surface area contributed by atoms with Gasteiger partial charge in [0.05, 0.1) is 18.5 Å². The molecule has 0 radical (unpaired) electrons. The van der Waals surface area contributed by atoms with Crippen molar-refractivity contribution in [3.05, 3.63) is 23.5 Å². The summed E-state index contributed by atoms with van der Waals surface area (Å²) in [7, 11) is 1.80. The number of nitrogens with one attached hydrogen (secondary N) is 1. The summed E-state index contributed by atoms with van der Waals surface area (Å²) in [5.41, 5.74) is 9.79. The maximum absolute atomic E-state index is 5.95. The fraction of sp³-hybridized carbons (Fsp3) is 0.647. The Morgan fingerprint density at radius 3 is 2.96 bits per heavy atom. The van der Waals surface area contributed by atoms with Gasteiger partial charge in [0, 0.05) is 36.2 Å². The van der Waals surface area contributed by atoms with Crippen LogP contribution >= 0.6 is 0 Å². The van der Waals surface area contributed by atoms with Gasteiger partial charge in [0.15, 0.2) is 5.65 Å². The monoisotopic (exact) mass is 313 g/mol. The van der Waals surface area contributed by atoms with Gasteiger partial charge in [-0.1, -0.05) is 0 Å². The first-order valence-corrected chi connectivity index (χ1v) is 8.59. The van der Waals surface area contributed by atoms with Crippen molar-refractivity contribution in [3.63, 3.8) is 0 Å². The number of fused-ring (bicyclic) bond motifs is 3. The highest BCUT2D eigenvalue weighted by atomic mass is 16.5. The van der Waals surface area contributed by atoms with Gasteiger partial charge >= 0.3 is 0 Å². The van der Waals surface area contributed by atoms with Gasteiger partial charge in [0.2, 0.25) is 0 Å². The number of ether oxygens (including phenoxy) is 1. The molecule has 3 aliphatic rings. The molecular formula is C17H23N5O. The highest BCUT2D eigenvalue weighted by Gasteiger charge is 2.57. The van der Waals surface area contributed by atoms with Gasteiger partial charge in [-0.3, -0.25) is 0 Å². The molecule has 122 valence electrons. The van der Waals surface area contributed by atoms with Gasteiger partial charge < -0.3 is 15.8 Å². The summed E-state index contributed by atoms with van der Waals surface area (Å²) in [6, 6.07) is 2.80. The molecule has 0 aliphatic heterocycles. The quantitative estimate of drug-likeness (QED) is 0.894. The van der Waals surface area contributed by atoms with Crippen LogP contribution in [0.2, 0.25) is 0 Å². The van der Waals surface area contributed by atoms with Crippen molar-refractivity contribution < 1.29 is 4.74 Å². The van der Waals surface area contributed by atoms with E-state index in [4.69, 9.17) is 15.5 Å². The van der Waals surface area contributed by atoms with E-state index in [1.165, 1.54) is 24.1 Å². The van der Waals surface area contributed by atoms with Crippen molar-refractivity contribution >= 4 is 11.5 Å². The molecule has 2 fully saturated rings. The van der Waals surface area contributed by atoms with E-state index in [1.807, 2.05) is 16.8 Å². The van der Waals surface area contributed by atoms with E-state index in [-0.39, 0.29) is 5.41 Å². The summed E-state index contributed by atoms with van der Waals surface area (Å²) in [4.78, 5) is 4.97. The molecule has 6 nitrogen and oxygen atoms in total. The number of rotatable bonds is 4. The first-order valence-electron chi connectivity index (χ1n) is 8.59. The van der Waals surface area contributed by atoms with E-state index in [9.17, 15) is 0 Å². The minimum atomic E-state index is 0.254. The largest absolute Gasteiger partial charge is 0.384 e. The molecule has 1 unspecified atom stereocenters. The second-order valence-electron chi connectivity index (χ2n) is 7.47. The average Bonchev–Trinajstić information content (AvgIpc) is 3.07. The number of anilines is 1. The highest BCUT2D eigenvalue weighted by Crippen LogP contribution is 2.60. The summed E-state index contributed by atoms with van der Waals surface area (Å²) in [5, 5.41) is 8.20. The van der Waals surface area contributed by atoms with Gasteiger partial charge in [0.25, 0.3) is 0 Å². The molecule has 6 heteroatoms. The Labute approximate surface area is 135 Å². The molecule has 23 heavy (non-hydrogen) atoms. The molecule has 0 amide bonds. The van der Waals surface area contributed by atoms with E-state index in [2.05, 4.69) is 10.4 Å². The summed E-state index contributed by atoms with van der Waals surface area (Å²) < 4.78 is 7.46. The molecule has 3 N–H and O–H groups in total. The molecular weight excluding hydrogens is 290 g/mol. The van der Waals surface area contributed by atoms with E-state index < -0.39 is 0 Å². The lowest BCUT2D eigenvalue weighted by molar-refractivity contribution is 0.139. The third kappa shape index (κ3) is 1.88. The van der Waals surface area contributed by atoms with E-state index >= 15 is 0 Å². The van der Waals surface area contributed by atoms with Gasteiger partial charge in [0.1, 0.15) is 5.82 Å². The highest BCUT2D eigenvalue weighted by molar-refractivity contribution is 5.61. The van der Waals surface area contributed by atoms with Crippen molar-refractivity contribution in [1.82, 2.24) is 14.6 Å². The van der Waals surface area contributed by atoms with Crippen LogP contribution < -0.4 is 11.1 Å². The molecule has 1 spiro atoms. The first kappa shape index (κ1) is 13.7. The average molecular weight is 313 g/mol. The molecule has 1 atom stereocenters. The molecule has 0 saturated heterocycles. The third-order valence-electron chi connectivity index (χ3n) is 6.01. The molecule has 5 rings (SSSR count). The van der Waals surface area contributed by atoms with Crippen molar-refractivity contribution in [2.24, 2.45) is 11.7 Å². The Balaban J connectivity index is 1.60. The predicted octanol–water partition coefficient (Wildman–Crippen LogP) is 1.48. The zero-order valence-electron chi connectivity index (χ0n) is 13.5. The molecule has 0 aromatic carbocycles. The molecule has 2 aromatic rings. The van der Waals surface area contributed by atoms with Crippen molar-refractivity contribution in [2.45, 2.75) is 49.6 Å². The fourth-order valence-electron chi connectivity index (χ4n) is 4.54. The number of aromatic nitrogens is 3. The Bertz CT molecular complexity index is 760. The van der Waals surface area contributed by atoms with Crippen LogP contribution in [0.3, 0.4) is 0 Å². The zero-order chi connectivity index (χ0) is 15.6. The van der Waals surface area contributed by atoms with Gasteiger partial charge in [-0.15, -0.1) is 0 Å². The predicted molar refractivity (Wildman–Crippen MR) is 87.6 cm³/mol. The third-order valence-corrected chi connectivity index (χ3v) is 6.01. The molecule has 2 heterocycles. The lowest BCUT2D eigenvalue weighted by Gasteiger charge is -2.34. The van der Waals surface area contributed by atoms with Crippen LogP contribution in [0.25, 0.3) is 5.65 Å². The van der Waals surface area contributed by atoms with Crippen LogP contribution in [0.4, 0.5) is 5.82 Å². The van der Waals surface area contributed by atoms with Gasteiger partial charge in [-0.05, 0) is 38.0 Å². The topological polar surface area (TPSA) is 77.5 Å². The van der Waals surface area contributed by atoms with E-state index in [0.29, 0.717) is 18.0 Å². The summed E-state index contributed by atoms with van der Waals surface area (Å²) in [5.74, 6) is 1.68. The number of hydrogen-bond donors (Lipinski definition) is 2. The van der Waals surface area contributed by atoms with Crippen LogP contribution in [0, 0.1) is 5.92 Å². The number of methoxy groups -OCH3 is 1. The van der Waals surface area contributed by atoms with Crippen LogP contribution in [-0.2, 0) is 16.6 Å². The maximum atomic E-state index is 5.95. The Morgan fingerprint density at radius 2 is 2.26 bits per heavy atom. The molecule has 0 bridgehead atoms. The second kappa shape index (κ2) is 4.68. The van der Waals surface area contributed by atoms with Crippen LogP contribution in [0.1, 0.15) is 36.9 Å². The Kier molecular flexibility index (Phi) is 2.79. The van der Waals surface area contributed by atoms with Crippen molar-refractivity contribution in [2.75, 3.05) is 19.0 Å². The molecule has 3 aliphatic carbocycles. The lowest BCUT2D eigenvalue weighted by Crippen LogP contribution is -2.45. The van der Waals surface area contributed by atoms with Crippen LogP contribution in [0.15, 0.2) is 12.3 Å². The molecule has 2 saturated carbocycles. The SMILES string of the molecule is COCC1Cc2c(nc3ccnn3c2N[C@H]2C[C@H](N)C2)C12CC2. The Hall–Kier alpha value is -1.66. The Morgan fingerprint density at radius 1 is 1.43 bits per heavy atom. The normalized spacial score (nSPS) is 30.4. The standard InChI is InChI=1S/C17H23N5O/c1-23-9-10-6-13-15(17(10)3-4-17)21-14-2-5-19-22(14)16(13)20-12-7-11(18)8-12/h2,5,10-12,20H,3-4,6-9,18H2,1H3/t10?,11-,12-. The smallest absolute Gasteiger partial charge is 0.157 e. The number of nitrogens with two attached hydrogens (primary N) is 1. The van der Waals surface area contributed by atoms with Gasteiger partial charge in [-0.25, -0.2) is 4.98 Å². The minimum absolute atomic E-state index is 0.254. The lowest BCUT2D eigenvalue weighted by atomic mass is 9.87. The molecule has 2 aromatic heterocycles. The van der Waals surface area contributed by atoms with Crippen LogP contribution in [-0.4, -0.2) is 40.4 Å². The minimum Gasteiger partial charge on any atom is -0.384 e. The van der Waals surface area contributed by atoms with E-state index in [0.717, 1.165) is 37.3 Å². The maximum Gasteiger partial charge on any atom is 0.157 e. The second-order valence-corrected chi connectivity index (χ2v) is 7.47. The number of nitrogens with zero attached hydrogens (tertiary/aromatic N) is 3. The zero-order valence-corrected chi connectivity index (χ0v) is 13.5.